The summed E-state index contributed by atoms with van der Waals surface area (Å²) in [7, 11) is 1.88. The molecule has 2 N–H and O–H groups in total. The minimum Gasteiger partial charge on any atom is -0.317 e. The Balaban J connectivity index is 1.28. The highest BCUT2D eigenvalue weighted by molar-refractivity contribution is 5.93. The summed E-state index contributed by atoms with van der Waals surface area (Å²) in [6.07, 6.45) is 6.23. The van der Waals surface area contributed by atoms with E-state index in [4.69, 9.17) is 0 Å². The number of hydrogen-bond donors (Lipinski definition) is 2. The predicted octanol–water partition coefficient (Wildman–Crippen LogP) is 1.51. The molecule has 4 atom stereocenters. The molecule has 1 amide bonds. The summed E-state index contributed by atoms with van der Waals surface area (Å²) in [4.78, 5) is 17.3. The molecule has 6 heteroatoms. The smallest absolute Gasteiger partial charge is 0.230 e. The van der Waals surface area contributed by atoms with Crippen LogP contribution in [-0.2, 0) is 11.8 Å². The molecule has 4 unspecified atom stereocenters. The number of nitrogens with one attached hydrogen (secondary N) is 2. The van der Waals surface area contributed by atoms with Crippen LogP contribution in [0.3, 0.4) is 0 Å². The molecule has 4 aliphatic rings. The van der Waals surface area contributed by atoms with Crippen molar-refractivity contribution in [3.05, 3.63) is 5.82 Å². The maximum atomic E-state index is 12.6. The number of fused-ring (bicyclic) bond motifs is 5. The second kappa shape index (κ2) is 5.03. The fraction of sp³-hybridized carbons (Fsp3) is 0.824. The van der Waals surface area contributed by atoms with Crippen molar-refractivity contribution >= 4 is 11.9 Å². The third kappa shape index (κ3) is 2.14. The van der Waals surface area contributed by atoms with Crippen LogP contribution < -0.4 is 10.6 Å². The molecule has 0 spiro atoms. The zero-order valence-electron chi connectivity index (χ0n) is 13.7. The number of carbonyl (C=O) groups is 1. The van der Waals surface area contributed by atoms with Crippen molar-refractivity contribution < 1.29 is 4.79 Å². The second-order valence-corrected chi connectivity index (χ2v) is 7.94. The Kier molecular flexibility index (Phi) is 3.05. The highest BCUT2D eigenvalue weighted by Gasteiger charge is 2.67. The largest absolute Gasteiger partial charge is 0.317 e. The van der Waals surface area contributed by atoms with Crippen LogP contribution in [0.1, 0.15) is 43.8 Å². The molecule has 1 aromatic heterocycles. The van der Waals surface area contributed by atoms with Crippen molar-refractivity contribution in [3.8, 4) is 0 Å². The molecular formula is C17H25N5O. The predicted molar refractivity (Wildman–Crippen MR) is 85.8 cm³/mol. The number of hydrogen-bond acceptors (Lipinski definition) is 4. The molecule has 1 aromatic rings. The van der Waals surface area contributed by atoms with Crippen LogP contribution in [0, 0.1) is 29.6 Å². The summed E-state index contributed by atoms with van der Waals surface area (Å²) < 4.78 is 1.74. The number of aryl methyl sites for hydroxylation is 1. The summed E-state index contributed by atoms with van der Waals surface area (Å²) in [5.41, 5.74) is 0. The lowest BCUT2D eigenvalue weighted by atomic mass is 9.98. The molecular weight excluding hydrogens is 290 g/mol. The lowest BCUT2D eigenvalue weighted by Gasteiger charge is -2.19. The SMILES string of the molecule is Cn1nc(C2CCNCC2)nc1NC(=O)C1C2C3CCC(C3)C12. The minimum absolute atomic E-state index is 0.184. The average molecular weight is 315 g/mol. The summed E-state index contributed by atoms with van der Waals surface area (Å²) in [6.45, 7) is 2.05. The molecule has 124 valence electrons. The summed E-state index contributed by atoms with van der Waals surface area (Å²) >= 11 is 0. The maximum absolute atomic E-state index is 12.6. The zero-order chi connectivity index (χ0) is 15.6. The third-order valence-corrected chi connectivity index (χ3v) is 6.76. The highest BCUT2D eigenvalue weighted by Crippen LogP contribution is 2.69. The van der Waals surface area contributed by atoms with Crippen LogP contribution in [0.4, 0.5) is 5.95 Å². The first-order valence-electron chi connectivity index (χ1n) is 9.15. The first-order chi connectivity index (χ1) is 11.2. The Morgan fingerprint density at radius 3 is 2.57 bits per heavy atom. The molecule has 23 heavy (non-hydrogen) atoms. The first kappa shape index (κ1) is 14.0. The van der Waals surface area contributed by atoms with Crippen LogP contribution in [0.5, 0.6) is 0 Å². The third-order valence-electron chi connectivity index (χ3n) is 6.76. The Morgan fingerprint density at radius 2 is 1.87 bits per heavy atom. The van der Waals surface area contributed by atoms with Crippen LogP contribution in [-0.4, -0.2) is 33.8 Å². The van der Waals surface area contributed by atoms with E-state index in [1.807, 2.05) is 7.05 Å². The minimum atomic E-state index is 0.184. The number of amides is 1. The molecule has 5 rings (SSSR count). The van der Waals surface area contributed by atoms with Gasteiger partial charge in [-0.1, -0.05) is 0 Å². The topological polar surface area (TPSA) is 71.8 Å². The van der Waals surface area contributed by atoms with Crippen molar-refractivity contribution in [2.75, 3.05) is 18.4 Å². The van der Waals surface area contributed by atoms with Crippen LogP contribution in [0.25, 0.3) is 0 Å². The summed E-state index contributed by atoms with van der Waals surface area (Å²) in [5, 5.41) is 11.0. The zero-order valence-corrected chi connectivity index (χ0v) is 13.7. The molecule has 1 saturated heterocycles. The normalized spacial score (nSPS) is 38.6. The van der Waals surface area contributed by atoms with Gasteiger partial charge in [0.2, 0.25) is 11.9 Å². The standard InChI is InChI=1S/C17H25N5O/c1-22-17(19-15(21-22)9-4-6-18-7-5-9)20-16(23)14-12-10-2-3-11(8-10)13(12)14/h9-14,18H,2-8H2,1H3,(H,19,20,21,23). The van der Waals surface area contributed by atoms with E-state index in [2.05, 4.69) is 20.7 Å². The van der Waals surface area contributed by atoms with E-state index in [9.17, 15) is 4.79 Å². The molecule has 2 heterocycles. The average Bonchev–Trinajstić information content (AvgIpc) is 2.84. The fourth-order valence-electron chi connectivity index (χ4n) is 5.64. The van der Waals surface area contributed by atoms with E-state index in [1.165, 1.54) is 19.3 Å². The summed E-state index contributed by atoms with van der Waals surface area (Å²) in [5.74, 6) is 5.36. The van der Waals surface area contributed by atoms with Crippen molar-refractivity contribution in [2.45, 2.75) is 38.0 Å². The number of carbonyl (C=O) groups excluding carboxylic acids is 1. The van der Waals surface area contributed by atoms with E-state index in [0.717, 1.165) is 43.6 Å². The lowest BCUT2D eigenvalue weighted by molar-refractivity contribution is -0.118. The Labute approximate surface area is 136 Å². The molecule has 0 aromatic carbocycles. The van der Waals surface area contributed by atoms with E-state index in [-0.39, 0.29) is 11.8 Å². The van der Waals surface area contributed by atoms with Gasteiger partial charge in [-0.15, -0.1) is 0 Å². The monoisotopic (exact) mass is 315 g/mol. The number of rotatable bonds is 3. The van der Waals surface area contributed by atoms with Crippen molar-refractivity contribution in [2.24, 2.45) is 36.6 Å². The van der Waals surface area contributed by atoms with Gasteiger partial charge in [-0.25, -0.2) is 4.68 Å². The van der Waals surface area contributed by atoms with Crippen LogP contribution in [0.15, 0.2) is 0 Å². The van der Waals surface area contributed by atoms with Crippen LogP contribution >= 0.6 is 0 Å². The molecule has 0 radical (unpaired) electrons. The second-order valence-electron chi connectivity index (χ2n) is 7.94. The van der Waals surface area contributed by atoms with E-state index in [0.29, 0.717) is 23.7 Å². The van der Waals surface area contributed by atoms with Gasteiger partial charge in [-0.3, -0.25) is 10.1 Å². The lowest BCUT2D eigenvalue weighted by Crippen LogP contribution is -2.27. The number of nitrogens with zero attached hydrogens (tertiary/aromatic N) is 3. The highest BCUT2D eigenvalue weighted by atomic mass is 16.2. The van der Waals surface area contributed by atoms with Gasteiger partial charge in [0, 0.05) is 18.9 Å². The van der Waals surface area contributed by atoms with Gasteiger partial charge in [-0.2, -0.15) is 10.1 Å². The molecule has 4 fully saturated rings. The van der Waals surface area contributed by atoms with Crippen molar-refractivity contribution in [1.82, 2.24) is 20.1 Å². The summed E-state index contributed by atoms with van der Waals surface area (Å²) in [6, 6.07) is 0. The number of anilines is 1. The Morgan fingerprint density at radius 1 is 1.17 bits per heavy atom. The van der Waals surface area contributed by atoms with Gasteiger partial charge < -0.3 is 5.32 Å². The maximum Gasteiger partial charge on any atom is 0.230 e. The van der Waals surface area contributed by atoms with E-state index < -0.39 is 0 Å². The van der Waals surface area contributed by atoms with E-state index >= 15 is 0 Å². The Hall–Kier alpha value is -1.43. The van der Waals surface area contributed by atoms with Gasteiger partial charge >= 0.3 is 0 Å². The van der Waals surface area contributed by atoms with Gasteiger partial charge in [-0.05, 0) is 68.9 Å². The fourth-order valence-corrected chi connectivity index (χ4v) is 5.64. The van der Waals surface area contributed by atoms with Gasteiger partial charge in [0.15, 0.2) is 5.82 Å². The molecule has 3 aliphatic carbocycles. The van der Waals surface area contributed by atoms with E-state index in [1.54, 1.807) is 4.68 Å². The molecule has 3 saturated carbocycles. The van der Waals surface area contributed by atoms with Gasteiger partial charge in [0.1, 0.15) is 0 Å². The van der Waals surface area contributed by atoms with Gasteiger partial charge in [0.25, 0.3) is 0 Å². The van der Waals surface area contributed by atoms with Crippen molar-refractivity contribution in [1.29, 1.82) is 0 Å². The quantitative estimate of drug-likeness (QED) is 0.887. The molecule has 6 nitrogen and oxygen atoms in total. The molecule has 2 bridgehead atoms. The first-order valence-corrected chi connectivity index (χ1v) is 9.15. The Bertz CT molecular complexity index is 619. The number of piperidine rings is 1. The number of aromatic nitrogens is 3. The van der Waals surface area contributed by atoms with Crippen LogP contribution in [0.2, 0.25) is 0 Å². The molecule has 1 aliphatic heterocycles. The van der Waals surface area contributed by atoms with Crippen molar-refractivity contribution in [3.63, 3.8) is 0 Å². The van der Waals surface area contributed by atoms with Gasteiger partial charge in [0.05, 0.1) is 0 Å².